The molecule has 1 aromatic heterocycles. The standard InChI is InChI=1S/C8H8N2O/c1-2-5-9-7-3-4-8(11)10-6-7/h1,3-4,6,9H,5H2,(H,10,11). The first-order chi connectivity index (χ1) is 5.33. The van der Waals surface area contributed by atoms with Gasteiger partial charge >= 0.3 is 0 Å². The van der Waals surface area contributed by atoms with Crippen molar-refractivity contribution in [2.75, 3.05) is 11.9 Å². The maximum Gasteiger partial charge on any atom is 0.248 e. The molecule has 0 spiro atoms. The Labute approximate surface area is 64.5 Å². The number of hydrogen-bond acceptors (Lipinski definition) is 2. The molecule has 0 aliphatic carbocycles. The van der Waals surface area contributed by atoms with Crippen molar-refractivity contribution in [2.24, 2.45) is 0 Å². The molecule has 1 heterocycles. The first-order valence-corrected chi connectivity index (χ1v) is 3.19. The number of anilines is 1. The number of nitrogens with one attached hydrogen (secondary N) is 2. The zero-order valence-corrected chi connectivity index (χ0v) is 5.92. The summed E-state index contributed by atoms with van der Waals surface area (Å²) in [5.41, 5.74) is 0.707. The summed E-state index contributed by atoms with van der Waals surface area (Å²) in [6.07, 6.45) is 6.60. The Morgan fingerprint density at radius 2 is 2.45 bits per heavy atom. The van der Waals surface area contributed by atoms with E-state index in [2.05, 4.69) is 16.2 Å². The molecule has 1 rings (SSSR count). The third kappa shape index (κ3) is 2.18. The third-order valence-corrected chi connectivity index (χ3v) is 1.18. The van der Waals surface area contributed by atoms with Gasteiger partial charge in [0.1, 0.15) is 0 Å². The summed E-state index contributed by atoms with van der Waals surface area (Å²) in [6.45, 7) is 0.464. The Hall–Kier alpha value is -1.69. The number of pyridine rings is 1. The quantitative estimate of drug-likeness (QED) is 0.597. The highest BCUT2D eigenvalue weighted by Crippen LogP contribution is 1.98. The number of aromatic amines is 1. The van der Waals surface area contributed by atoms with Gasteiger partial charge in [0, 0.05) is 12.3 Å². The van der Waals surface area contributed by atoms with Crippen molar-refractivity contribution in [1.82, 2.24) is 4.98 Å². The summed E-state index contributed by atoms with van der Waals surface area (Å²) >= 11 is 0. The minimum atomic E-state index is -0.115. The first kappa shape index (κ1) is 7.42. The average Bonchev–Trinajstić information content (AvgIpc) is 2.04. The van der Waals surface area contributed by atoms with Crippen LogP contribution in [0, 0.1) is 12.3 Å². The number of terminal acetylenes is 1. The van der Waals surface area contributed by atoms with Crippen LogP contribution in [0.15, 0.2) is 23.1 Å². The van der Waals surface area contributed by atoms with Crippen LogP contribution in [0.2, 0.25) is 0 Å². The van der Waals surface area contributed by atoms with Gasteiger partial charge in [-0.1, -0.05) is 5.92 Å². The van der Waals surface area contributed by atoms with Gasteiger partial charge in [0.25, 0.3) is 0 Å². The second kappa shape index (κ2) is 3.47. The van der Waals surface area contributed by atoms with Gasteiger partial charge in [-0.15, -0.1) is 6.42 Å². The third-order valence-electron chi connectivity index (χ3n) is 1.18. The molecule has 0 fully saturated rings. The highest BCUT2D eigenvalue weighted by Gasteiger charge is 1.86. The lowest BCUT2D eigenvalue weighted by Gasteiger charge is -1.98. The van der Waals surface area contributed by atoms with E-state index in [-0.39, 0.29) is 5.56 Å². The van der Waals surface area contributed by atoms with Gasteiger partial charge in [0.05, 0.1) is 12.2 Å². The van der Waals surface area contributed by atoms with Gasteiger partial charge in [0.2, 0.25) is 5.56 Å². The summed E-state index contributed by atoms with van der Waals surface area (Å²) in [6, 6.07) is 3.12. The molecule has 0 unspecified atom stereocenters. The summed E-state index contributed by atoms with van der Waals surface area (Å²) in [7, 11) is 0. The Morgan fingerprint density at radius 1 is 1.64 bits per heavy atom. The molecule has 56 valence electrons. The normalized spacial score (nSPS) is 8.64. The predicted molar refractivity (Wildman–Crippen MR) is 44.4 cm³/mol. The monoisotopic (exact) mass is 148 g/mol. The van der Waals surface area contributed by atoms with Crippen LogP contribution in [0.5, 0.6) is 0 Å². The maximum absolute atomic E-state index is 10.6. The van der Waals surface area contributed by atoms with Crippen molar-refractivity contribution in [3.63, 3.8) is 0 Å². The molecule has 11 heavy (non-hydrogen) atoms. The molecular formula is C8H8N2O. The van der Waals surface area contributed by atoms with Crippen LogP contribution >= 0.6 is 0 Å². The van der Waals surface area contributed by atoms with E-state index in [0.717, 1.165) is 5.69 Å². The molecule has 3 heteroatoms. The van der Waals surface area contributed by atoms with E-state index in [4.69, 9.17) is 6.42 Å². The van der Waals surface area contributed by atoms with Gasteiger partial charge in [-0.3, -0.25) is 4.79 Å². The van der Waals surface area contributed by atoms with Crippen LogP contribution < -0.4 is 10.9 Å². The van der Waals surface area contributed by atoms with Gasteiger partial charge < -0.3 is 10.3 Å². The van der Waals surface area contributed by atoms with Crippen LogP contribution in [-0.4, -0.2) is 11.5 Å². The van der Waals surface area contributed by atoms with E-state index >= 15 is 0 Å². The maximum atomic E-state index is 10.6. The molecule has 0 saturated heterocycles. The molecule has 3 nitrogen and oxygen atoms in total. The fraction of sp³-hybridized carbons (Fsp3) is 0.125. The highest BCUT2D eigenvalue weighted by atomic mass is 16.1. The Balaban J connectivity index is 2.68. The van der Waals surface area contributed by atoms with Gasteiger partial charge in [0.15, 0.2) is 0 Å². The first-order valence-electron chi connectivity index (χ1n) is 3.19. The molecule has 0 aliphatic rings. The van der Waals surface area contributed by atoms with E-state index in [0.29, 0.717) is 6.54 Å². The average molecular weight is 148 g/mol. The molecular weight excluding hydrogens is 140 g/mol. The molecule has 0 aliphatic heterocycles. The minimum absolute atomic E-state index is 0.115. The largest absolute Gasteiger partial charge is 0.373 e. The van der Waals surface area contributed by atoms with Gasteiger partial charge in [-0.05, 0) is 6.07 Å². The van der Waals surface area contributed by atoms with E-state index in [1.807, 2.05) is 0 Å². The van der Waals surface area contributed by atoms with Crippen molar-refractivity contribution in [1.29, 1.82) is 0 Å². The fourth-order valence-corrected chi connectivity index (χ4v) is 0.674. The molecule has 0 saturated carbocycles. The molecule has 0 amide bonds. The van der Waals surface area contributed by atoms with Crippen molar-refractivity contribution < 1.29 is 0 Å². The van der Waals surface area contributed by atoms with Crippen LogP contribution in [0.25, 0.3) is 0 Å². The van der Waals surface area contributed by atoms with Crippen LogP contribution in [0.3, 0.4) is 0 Å². The van der Waals surface area contributed by atoms with E-state index in [9.17, 15) is 4.79 Å². The summed E-state index contributed by atoms with van der Waals surface area (Å²) in [5, 5.41) is 2.92. The van der Waals surface area contributed by atoms with Gasteiger partial charge in [-0.25, -0.2) is 0 Å². The second-order valence-electron chi connectivity index (χ2n) is 2.00. The topological polar surface area (TPSA) is 44.9 Å². The Bertz CT molecular complexity index is 301. The highest BCUT2D eigenvalue weighted by molar-refractivity contribution is 5.40. The smallest absolute Gasteiger partial charge is 0.248 e. The van der Waals surface area contributed by atoms with E-state index in [1.54, 1.807) is 12.3 Å². The molecule has 0 atom stereocenters. The van der Waals surface area contributed by atoms with Gasteiger partial charge in [-0.2, -0.15) is 0 Å². The lowest BCUT2D eigenvalue weighted by molar-refractivity contribution is 1.22. The number of hydrogen-bond donors (Lipinski definition) is 2. The molecule has 0 radical (unpaired) electrons. The summed E-state index contributed by atoms with van der Waals surface area (Å²) in [4.78, 5) is 13.1. The number of H-pyrrole nitrogens is 1. The molecule has 0 aromatic carbocycles. The zero-order chi connectivity index (χ0) is 8.10. The minimum Gasteiger partial charge on any atom is -0.373 e. The Kier molecular flexibility index (Phi) is 2.34. The van der Waals surface area contributed by atoms with Crippen molar-refractivity contribution in [2.45, 2.75) is 0 Å². The van der Waals surface area contributed by atoms with E-state index in [1.165, 1.54) is 6.07 Å². The summed E-state index contributed by atoms with van der Waals surface area (Å²) < 4.78 is 0. The molecule has 1 aromatic rings. The van der Waals surface area contributed by atoms with Crippen LogP contribution in [-0.2, 0) is 0 Å². The Morgan fingerprint density at radius 3 is 3.00 bits per heavy atom. The number of aromatic nitrogens is 1. The van der Waals surface area contributed by atoms with Crippen molar-refractivity contribution in [3.8, 4) is 12.3 Å². The van der Waals surface area contributed by atoms with Crippen molar-refractivity contribution in [3.05, 3.63) is 28.7 Å². The van der Waals surface area contributed by atoms with Crippen LogP contribution in [0.4, 0.5) is 5.69 Å². The fourth-order valence-electron chi connectivity index (χ4n) is 0.674. The molecule has 2 N–H and O–H groups in total. The number of rotatable bonds is 2. The SMILES string of the molecule is C#CCNc1ccc(=O)[nH]c1. The van der Waals surface area contributed by atoms with Crippen LogP contribution in [0.1, 0.15) is 0 Å². The van der Waals surface area contributed by atoms with Crippen molar-refractivity contribution >= 4 is 5.69 Å². The predicted octanol–water partition coefficient (Wildman–Crippen LogP) is 0.420. The summed E-state index contributed by atoms with van der Waals surface area (Å²) in [5.74, 6) is 2.43. The lowest BCUT2D eigenvalue weighted by atomic mass is 10.4. The van der Waals surface area contributed by atoms with E-state index < -0.39 is 0 Å². The second-order valence-corrected chi connectivity index (χ2v) is 2.00. The zero-order valence-electron chi connectivity index (χ0n) is 5.92. The molecule has 0 bridgehead atoms. The lowest BCUT2D eigenvalue weighted by Crippen LogP contribution is -2.05.